The van der Waals surface area contributed by atoms with Crippen molar-refractivity contribution < 1.29 is 26.4 Å². The number of amides is 1. The number of carbonyl (C=O) groups is 1. The maximum atomic E-state index is 12.9. The molecule has 0 aromatic heterocycles. The fourth-order valence-electron chi connectivity index (χ4n) is 3.45. The summed E-state index contributed by atoms with van der Waals surface area (Å²) < 4.78 is 59.7. The van der Waals surface area contributed by atoms with Crippen LogP contribution < -0.4 is 9.46 Å². The maximum Gasteiger partial charge on any atom is 0.244 e. The minimum absolute atomic E-state index is 0.00461. The molecule has 1 atom stereocenters. The smallest absolute Gasteiger partial charge is 0.244 e. The van der Waals surface area contributed by atoms with Gasteiger partial charge in [0, 0.05) is 26.2 Å². The van der Waals surface area contributed by atoms with Gasteiger partial charge in [0.2, 0.25) is 26.0 Å². The van der Waals surface area contributed by atoms with Crippen LogP contribution in [0.3, 0.4) is 0 Å². The van der Waals surface area contributed by atoms with Gasteiger partial charge in [0.1, 0.15) is 11.8 Å². The van der Waals surface area contributed by atoms with Crippen LogP contribution in [0.25, 0.3) is 0 Å². The molecular formula is C21H24N4O6S2. The van der Waals surface area contributed by atoms with Crippen molar-refractivity contribution in [2.24, 2.45) is 0 Å². The van der Waals surface area contributed by atoms with Crippen molar-refractivity contribution in [1.29, 1.82) is 5.26 Å². The lowest BCUT2D eigenvalue weighted by molar-refractivity contribution is -0.133. The third-order valence-electron chi connectivity index (χ3n) is 5.25. The van der Waals surface area contributed by atoms with Gasteiger partial charge in [-0.1, -0.05) is 12.1 Å². The molecule has 0 spiro atoms. The Balaban J connectivity index is 1.64. The van der Waals surface area contributed by atoms with Crippen molar-refractivity contribution in [2.45, 2.75) is 22.8 Å². The molecule has 1 N–H and O–H groups in total. The van der Waals surface area contributed by atoms with Gasteiger partial charge in [-0.05, 0) is 43.3 Å². The molecule has 0 radical (unpaired) electrons. The second-order valence-electron chi connectivity index (χ2n) is 7.36. The van der Waals surface area contributed by atoms with Crippen molar-refractivity contribution in [3.63, 3.8) is 0 Å². The lowest BCUT2D eigenvalue weighted by Gasteiger charge is -2.35. The van der Waals surface area contributed by atoms with E-state index in [1.54, 1.807) is 12.1 Å². The Kier molecular flexibility index (Phi) is 7.38. The molecule has 1 aliphatic heterocycles. The van der Waals surface area contributed by atoms with Crippen LogP contribution in [0.1, 0.15) is 12.5 Å². The molecule has 3 rings (SSSR count). The largest absolute Gasteiger partial charge is 0.497 e. The summed E-state index contributed by atoms with van der Waals surface area (Å²) in [6, 6.07) is 12.5. The maximum absolute atomic E-state index is 12.9. The van der Waals surface area contributed by atoms with Crippen LogP contribution >= 0.6 is 0 Å². The number of carbonyl (C=O) groups excluding carboxylic acids is 1. The van der Waals surface area contributed by atoms with Crippen LogP contribution in [0, 0.1) is 11.3 Å². The Morgan fingerprint density at radius 2 is 1.64 bits per heavy atom. The number of ether oxygens (including phenoxy) is 1. The van der Waals surface area contributed by atoms with Gasteiger partial charge in [-0.15, -0.1) is 0 Å². The SMILES string of the molecule is COc1ccc(S(=O)(=O)N[C@@H](C)C(=O)N2CCN(S(=O)(=O)c3ccccc3C#N)CC2)cc1. The van der Waals surface area contributed by atoms with E-state index < -0.39 is 32.0 Å². The van der Waals surface area contributed by atoms with Crippen LogP contribution in [-0.4, -0.2) is 71.3 Å². The van der Waals surface area contributed by atoms with E-state index in [1.807, 2.05) is 6.07 Å². The molecular weight excluding hydrogens is 468 g/mol. The van der Waals surface area contributed by atoms with Crippen LogP contribution in [0.15, 0.2) is 58.3 Å². The Bertz CT molecular complexity index is 1260. The number of hydrogen-bond donors (Lipinski definition) is 1. The molecule has 1 saturated heterocycles. The molecule has 176 valence electrons. The van der Waals surface area contributed by atoms with Gasteiger partial charge >= 0.3 is 0 Å². The number of benzene rings is 2. The summed E-state index contributed by atoms with van der Waals surface area (Å²) in [4.78, 5) is 14.1. The quantitative estimate of drug-likeness (QED) is 0.603. The van der Waals surface area contributed by atoms with E-state index in [-0.39, 0.29) is 41.5 Å². The minimum Gasteiger partial charge on any atom is -0.497 e. The summed E-state index contributed by atoms with van der Waals surface area (Å²) in [6.07, 6.45) is 0. The highest BCUT2D eigenvalue weighted by Crippen LogP contribution is 2.21. The van der Waals surface area contributed by atoms with Gasteiger partial charge in [-0.3, -0.25) is 4.79 Å². The highest BCUT2D eigenvalue weighted by Gasteiger charge is 2.33. The highest BCUT2D eigenvalue weighted by molar-refractivity contribution is 7.89. The fraction of sp³-hybridized carbons (Fsp3) is 0.333. The number of methoxy groups -OCH3 is 1. The first-order chi connectivity index (χ1) is 15.6. The Morgan fingerprint density at radius 3 is 2.21 bits per heavy atom. The van der Waals surface area contributed by atoms with Crippen LogP contribution in [-0.2, 0) is 24.8 Å². The highest BCUT2D eigenvalue weighted by atomic mass is 32.2. The molecule has 12 heteroatoms. The van der Waals surface area contributed by atoms with E-state index in [9.17, 15) is 26.9 Å². The second kappa shape index (κ2) is 9.88. The Morgan fingerprint density at radius 1 is 1.03 bits per heavy atom. The summed E-state index contributed by atoms with van der Waals surface area (Å²) in [7, 11) is -6.36. The molecule has 1 aliphatic rings. The molecule has 10 nitrogen and oxygen atoms in total. The number of nitrogens with one attached hydrogen (secondary N) is 1. The first kappa shape index (κ1) is 24.7. The van der Waals surface area contributed by atoms with Crippen LogP contribution in [0.4, 0.5) is 0 Å². The zero-order valence-corrected chi connectivity index (χ0v) is 19.8. The second-order valence-corrected chi connectivity index (χ2v) is 11.0. The van der Waals surface area contributed by atoms with Crippen molar-refractivity contribution in [2.75, 3.05) is 33.3 Å². The molecule has 1 heterocycles. The van der Waals surface area contributed by atoms with Gasteiger partial charge in [0.25, 0.3) is 0 Å². The summed E-state index contributed by atoms with van der Waals surface area (Å²) in [5.41, 5.74) is 0.0533. The van der Waals surface area contributed by atoms with E-state index in [1.165, 1.54) is 59.6 Å². The molecule has 33 heavy (non-hydrogen) atoms. The molecule has 0 saturated carbocycles. The third-order valence-corrected chi connectivity index (χ3v) is 8.76. The van der Waals surface area contributed by atoms with E-state index >= 15 is 0 Å². The summed E-state index contributed by atoms with van der Waals surface area (Å²) in [6.45, 7) is 1.70. The summed E-state index contributed by atoms with van der Waals surface area (Å²) in [5.74, 6) is 0.0462. The number of sulfonamides is 2. The van der Waals surface area contributed by atoms with Gasteiger partial charge in [0.15, 0.2) is 0 Å². The zero-order chi connectivity index (χ0) is 24.2. The first-order valence-corrected chi connectivity index (χ1v) is 13.0. The fourth-order valence-corrected chi connectivity index (χ4v) is 6.21. The molecule has 1 fully saturated rings. The van der Waals surface area contributed by atoms with Gasteiger partial charge in [-0.25, -0.2) is 16.8 Å². The van der Waals surface area contributed by atoms with Crippen molar-refractivity contribution in [3.05, 3.63) is 54.1 Å². The van der Waals surface area contributed by atoms with Gasteiger partial charge < -0.3 is 9.64 Å². The van der Waals surface area contributed by atoms with E-state index in [4.69, 9.17) is 4.74 Å². The minimum atomic E-state index is -3.94. The first-order valence-electron chi connectivity index (χ1n) is 10.0. The van der Waals surface area contributed by atoms with E-state index in [0.29, 0.717) is 5.75 Å². The van der Waals surface area contributed by atoms with Crippen molar-refractivity contribution in [1.82, 2.24) is 13.9 Å². The predicted molar refractivity (Wildman–Crippen MR) is 119 cm³/mol. The Labute approximate surface area is 193 Å². The van der Waals surface area contributed by atoms with E-state index in [2.05, 4.69) is 4.72 Å². The van der Waals surface area contributed by atoms with Gasteiger partial charge in [-0.2, -0.15) is 14.3 Å². The molecule has 1 amide bonds. The van der Waals surface area contributed by atoms with Crippen molar-refractivity contribution in [3.8, 4) is 11.8 Å². The third kappa shape index (κ3) is 5.33. The number of hydrogen-bond acceptors (Lipinski definition) is 7. The zero-order valence-electron chi connectivity index (χ0n) is 18.1. The van der Waals surface area contributed by atoms with E-state index in [0.717, 1.165) is 0 Å². The summed E-state index contributed by atoms with van der Waals surface area (Å²) in [5, 5.41) is 9.21. The topological polar surface area (TPSA) is 137 Å². The van der Waals surface area contributed by atoms with Crippen LogP contribution in [0.5, 0.6) is 5.75 Å². The number of rotatable bonds is 7. The standard InChI is InChI=1S/C21H24N4O6S2/c1-16(23-32(27,28)19-9-7-18(31-2)8-10-19)21(26)24-11-13-25(14-12-24)33(29,30)20-6-4-3-5-17(20)15-22/h3-10,16,23H,11-14H2,1-2H3/t16-/m0/s1. The molecule has 2 aromatic rings. The van der Waals surface area contributed by atoms with Crippen molar-refractivity contribution >= 4 is 26.0 Å². The number of piperazine rings is 1. The average Bonchev–Trinajstić information content (AvgIpc) is 2.83. The molecule has 2 aromatic carbocycles. The Hall–Kier alpha value is -2.98. The number of nitriles is 1. The predicted octanol–water partition coefficient (Wildman–Crippen LogP) is 0.767. The molecule has 0 aliphatic carbocycles. The monoisotopic (exact) mass is 492 g/mol. The normalized spacial score (nSPS) is 16.1. The summed E-state index contributed by atoms with van der Waals surface area (Å²) >= 11 is 0. The molecule has 0 bridgehead atoms. The lowest BCUT2D eigenvalue weighted by Crippen LogP contribution is -2.55. The van der Waals surface area contributed by atoms with Gasteiger partial charge in [0.05, 0.1) is 28.5 Å². The number of nitrogens with zero attached hydrogens (tertiary/aromatic N) is 3. The lowest BCUT2D eigenvalue weighted by atomic mass is 10.2. The molecule has 0 unspecified atom stereocenters. The average molecular weight is 493 g/mol. The van der Waals surface area contributed by atoms with Crippen LogP contribution in [0.2, 0.25) is 0 Å².